The second-order valence-electron chi connectivity index (χ2n) is 23.5. The van der Waals surface area contributed by atoms with Crippen LogP contribution in [0.3, 0.4) is 0 Å². The molecule has 370 valence electrons. The van der Waals surface area contributed by atoms with E-state index in [4.69, 9.17) is 28.4 Å². The fourth-order valence-corrected chi connectivity index (χ4v) is 24.8. The van der Waals surface area contributed by atoms with E-state index in [2.05, 4.69) is 106 Å². The van der Waals surface area contributed by atoms with Gasteiger partial charge in [-0.3, -0.25) is 0 Å². The number of aliphatic hydroxyl groups excluding tert-OH is 4. The molecular formula is C54H86O10Si2. The Morgan fingerprint density at radius 2 is 0.621 bits per heavy atom. The topological polar surface area (TPSA) is 136 Å². The SMILES string of the molecule is C1CCOC1.C1CCOC1.CC(C)[Si](C#Cc1c2c(c(C#C[Si](C(C)C)(C(C)C)C(C)C)c3c1[C@@H]1[C@H](O)[C@H](O)[C@H]3[C@H]3OC(C)(C)O[C@H]31)[C@H]1[C@@H](O)[C@@H](O)[C@@H]2[C@@H]2OC(C)(C)O[C@@H]21)(C(C)C)C(C)C. The number of fused-ring (bicyclic) bond motifs is 2. The van der Waals surface area contributed by atoms with Gasteiger partial charge in [0.15, 0.2) is 11.6 Å². The minimum absolute atomic E-state index is 0.370. The van der Waals surface area contributed by atoms with E-state index in [0.717, 1.165) is 59.8 Å². The van der Waals surface area contributed by atoms with Gasteiger partial charge in [-0.2, -0.15) is 0 Å². The third kappa shape index (κ3) is 8.70. The summed E-state index contributed by atoms with van der Waals surface area (Å²) in [4.78, 5) is 0. The standard InChI is InChI=1S/C46H70O8Si2.2C4H8O/c1-21(2)55(22(3)4,23(5)6)19-17-27-29-31(35-39(49)37(47)33(29)41-43(35)53-45(13,14)51-41)28(18-20-56(24(7)8,25(9)10)26(11)12)32-30(27)34-38(48)40(50)36(32)44-42(34)52-46(15,16)54-44;2*1-2-4-5-3-1/h21-26,33-44,47-50H,1-16H3;2*1-4H2/t33-,34-,35+,36+,37+,38+,39-,40-,41+,42+,43-,44-;;. The lowest BCUT2D eigenvalue weighted by Gasteiger charge is -2.55. The van der Waals surface area contributed by atoms with E-state index in [0.29, 0.717) is 33.2 Å². The zero-order valence-electron chi connectivity index (χ0n) is 43.3. The highest BCUT2D eigenvalue weighted by molar-refractivity contribution is 6.91. The lowest BCUT2D eigenvalue weighted by Crippen LogP contribution is -2.61. The van der Waals surface area contributed by atoms with E-state index >= 15 is 0 Å². The third-order valence-electron chi connectivity index (χ3n) is 17.1. The van der Waals surface area contributed by atoms with E-state index in [9.17, 15) is 20.4 Å². The Kier molecular flexibility index (Phi) is 15.4. The highest BCUT2D eigenvalue weighted by Gasteiger charge is 2.68. The van der Waals surface area contributed by atoms with Crippen molar-refractivity contribution in [1.82, 2.24) is 0 Å². The van der Waals surface area contributed by atoms with E-state index in [-0.39, 0.29) is 0 Å². The van der Waals surface area contributed by atoms with Gasteiger partial charge in [-0.25, -0.2) is 0 Å². The van der Waals surface area contributed by atoms with Crippen LogP contribution in [0.15, 0.2) is 0 Å². The second-order valence-corrected chi connectivity index (χ2v) is 34.7. The van der Waals surface area contributed by atoms with Crippen LogP contribution in [0.1, 0.15) is 194 Å². The number of hydrogen-bond acceptors (Lipinski definition) is 10. The average Bonchev–Trinajstić information content (AvgIpc) is 4.06. The molecule has 6 aliphatic carbocycles. The van der Waals surface area contributed by atoms with Gasteiger partial charge in [-0.15, -0.1) is 11.1 Å². The van der Waals surface area contributed by atoms with Crippen molar-refractivity contribution < 1.29 is 48.8 Å². The molecule has 0 spiro atoms. The van der Waals surface area contributed by atoms with Gasteiger partial charge in [0.1, 0.15) is 16.1 Å². The van der Waals surface area contributed by atoms with Crippen molar-refractivity contribution in [3.8, 4) is 22.9 Å². The maximum Gasteiger partial charge on any atom is 0.163 e. The van der Waals surface area contributed by atoms with Crippen molar-refractivity contribution in [2.45, 2.75) is 254 Å². The summed E-state index contributed by atoms with van der Waals surface area (Å²) in [5, 5.41) is 48.7. The Labute approximate surface area is 400 Å². The first-order chi connectivity index (χ1) is 30.9. The predicted octanol–water partition coefficient (Wildman–Crippen LogP) is 9.29. The first kappa shape index (κ1) is 52.2. The molecule has 4 heterocycles. The van der Waals surface area contributed by atoms with Crippen LogP contribution >= 0.6 is 0 Å². The van der Waals surface area contributed by atoms with Gasteiger partial charge in [0.25, 0.3) is 0 Å². The van der Waals surface area contributed by atoms with Crippen LogP contribution < -0.4 is 0 Å². The molecule has 10 aliphatic rings. The molecule has 66 heavy (non-hydrogen) atoms. The summed E-state index contributed by atoms with van der Waals surface area (Å²) in [6.07, 6.45) is -1.48. The molecule has 0 amide bonds. The number of aliphatic hydroxyl groups is 4. The Morgan fingerprint density at radius 3 is 0.788 bits per heavy atom. The molecule has 6 fully saturated rings. The zero-order chi connectivity index (χ0) is 48.6. The minimum atomic E-state index is -2.31. The Morgan fingerprint density at radius 1 is 0.409 bits per heavy atom. The van der Waals surface area contributed by atoms with E-state index in [1.165, 1.54) is 25.7 Å². The van der Waals surface area contributed by atoms with Crippen molar-refractivity contribution >= 4 is 16.1 Å². The summed E-state index contributed by atoms with van der Waals surface area (Å²) < 4.78 is 36.6. The summed E-state index contributed by atoms with van der Waals surface area (Å²) in [7, 11) is -4.63. The summed E-state index contributed by atoms with van der Waals surface area (Å²) >= 11 is 0. The first-order valence-electron chi connectivity index (χ1n) is 25.8. The quantitative estimate of drug-likeness (QED) is 0.162. The molecule has 1 aromatic rings. The maximum atomic E-state index is 12.2. The molecule has 0 radical (unpaired) electrons. The van der Waals surface area contributed by atoms with Crippen molar-refractivity contribution in [1.29, 1.82) is 0 Å². The molecule has 0 aromatic heterocycles. The Bertz CT molecular complexity index is 1750. The molecule has 10 nitrogen and oxygen atoms in total. The number of benzene rings is 1. The summed E-state index contributed by atoms with van der Waals surface area (Å²) in [5.74, 6) is 3.26. The molecule has 2 saturated carbocycles. The smallest absolute Gasteiger partial charge is 0.163 e. The van der Waals surface area contributed by atoms with Gasteiger partial charge in [0.2, 0.25) is 0 Å². The first-order valence-corrected chi connectivity index (χ1v) is 30.2. The molecule has 11 rings (SSSR count). The van der Waals surface area contributed by atoms with Crippen LogP contribution in [0.25, 0.3) is 0 Å². The van der Waals surface area contributed by atoms with Crippen LogP contribution in [-0.2, 0) is 28.4 Å². The van der Waals surface area contributed by atoms with E-state index < -0.39 is 100 Å². The summed E-state index contributed by atoms with van der Waals surface area (Å²) in [6.45, 7) is 39.2. The summed E-state index contributed by atoms with van der Waals surface area (Å²) in [5.41, 5.74) is 15.3. The Hall–Kier alpha value is -1.63. The molecule has 4 bridgehead atoms. The van der Waals surface area contributed by atoms with Gasteiger partial charge < -0.3 is 48.8 Å². The van der Waals surface area contributed by atoms with Gasteiger partial charge >= 0.3 is 0 Å². The largest absolute Gasteiger partial charge is 0.390 e. The molecule has 12 heteroatoms. The van der Waals surface area contributed by atoms with Crippen LogP contribution in [0.4, 0.5) is 0 Å². The molecular weight excluding hydrogens is 865 g/mol. The maximum absolute atomic E-state index is 12.2. The fraction of sp³-hybridized carbons (Fsp3) is 0.815. The predicted molar refractivity (Wildman–Crippen MR) is 265 cm³/mol. The van der Waals surface area contributed by atoms with E-state index in [1.54, 1.807) is 0 Å². The van der Waals surface area contributed by atoms with Gasteiger partial charge in [0.05, 0.1) is 48.8 Å². The van der Waals surface area contributed by atoms with Gasteiger partial charge in [-0.05, 0) is 109 Å². The van der Waals surface area contributed by atoms with Crippen molar-refractivity contribution in [3.63, 3.8) is 0 Å². The van der Waals surface area contributed by atoms with Crippen molar-refractivity contribution in [2.75, 3.05) is 26.4 Å². The Balaban J connectivity index is 0.000000573. The second kappa shape index (κ2) is 19.5. The lowest BCUT2D eigenvalue weighted by molar-refractivity contribution is -0.148. The monoisotopic (exact) mass is 951 g/mol. The number of hydrogen-bond donors (Lipinski definition) is 4. The molecule has 1 aromatic carbocycles. The van der Waals surface area contributed by atoms with E-state index in [1.807, 2.05) is 27.7 Å². The highest BCUT2D eigenvalue weighted by Crippen LogP contribution is 2.64. The normalized spacial score (nSPS) is 34.3. The molecule has 0 unspecified atom stereocenters. The van der Waals surface area contributed by atoms with Crippen molar-refractivity contribution in [2.24, 2.45) is 0 Å². The van der Waals surface area contributed by atoms with Crippen LogP contribution in [-0.4, -0.2) is 123 Å². The molecule has 4 aliphatic heterocycles. The van der Waals surface area contributed by atoms with Crippen LogP contribution in [0, 0.1) is 22.9 Å². The highest BCUT2D eigenvalue weighted by atomic mass is 28.3. The number of ether oxygens (including phenoxy) is 6. The molecule has 4 N–H and O–H groups in total. The lowest BCUT2D eigenvalue weighted by atomic mass is 9.53. The fourth-order valence-electron chi connectivity index (χ4n) is 14.4. The van der Waals surface area contributed by atoms with Crippen LogP contribution in [0.5, 0.6) is 0 Å². The average molecular weight is 951 g/mol. The third-order valence-corrected chi connectivity index (χ3v) is 29.7. The van der Waals surface area contributed by atoms with Crippen molar-refractivity contribution in [3.05, 3.63) is 33.4 Å². The van der Waals surface area contributed by atoms with Gasteiger partial charge in [0, 0.05) is 61.2 Å². The summed E-state index contributed by atoms with van der Waals surface area (Å²) in [6, 6.07) is 0. The minimum Gasteiger partial charge on any atom is -0.390 e. The van der Waals surface area contributed by atoms with Gasteiger partial charge in [-0.1, -0.05) is 94.9 Å². The molecule has 12 atom stereocenters. The zero-order valence-corrected chi connectivity index (χ0v) is 45.3. The van der Waals surface area contributed by atoms with Crippen LogP contribution in [0.2, 0.25) is 33.2 Å². The molecule has 4 saturated heterocycles. The number of rotatable bonds is 6.